The maximum Gasteiger partial charge on any atom is 0.339 e. The van der Waals surface area contributed by atoms with Gasteiger partial charge in [-0.1, -0.05) is 6.42 Å². The number of aliphatic carboxylic acids is 1. The van der Waals surface area contributed by atoms with Crippen LogP contribution in [0.1, 0.15) is 49.3 Å². The average molecular weight is 389 g/mol. The van der Waals surface area contributed by atoms with E-state index in [0.717, 1.165) is 17.5 Å². The average Bonchev–Trinajstić information content (AvgIpc) is 2.61. The highest BCUT2D eigenvalue weighted by Crippen LogP contribution is 2.31. The molecule has 0 saturated heterocycles. The van der Waals surface area contributed by atoms with Gasteiger partial charge in [0, 0.05) is 18.5 Å². The maximum absolute atomic E-state index is 12.3. The normalized spacial score (nSPS) is 12.0. The third kappa shape index (κ3) is 5.34. The molecule has 2 rings (SSSR count). The highest BCUT2D eigenvalue weighted by atomic mass is 16.5. The molecule has 1 amide bonds. The van der Waals surface area contributed by atoms with Gasteiger partial charge in [-0.3, -0.25) is 9.59 Å². The first-order chi connectivity index (χ1) is 13.2. The van der Waals surface area contributed by atoms with Gasteiger partial charge in [0.15, 0.2) is 6.10 Å². The molecule has 0 spiro atoms. The molecule has 1 atom stereocenters. The van der Waals surface area contributed by atoms with Gasteiger partial charge in [0.25, 0.3) is 5.91 Å². The Kier molecular flexibility index (Phi) is 7.20. The lowest BCUT2D eigenvalue weighted by atomic mass is 10.0. The third-order valence-corrected chi connectivity index (χ3v) is 4.70. The number of hydrogen-bond acceptors (Lipinski definition) is 5. The molecule has 1 aromatic carbocycles. The van der Waals surface area contributed by atoms with Crippen molar-refractivity contribution >= 4 is 22.8 Å². The number of ether oxygens (including phenoxy) is 1. The molecule has 0 aliphatic heterocycles. The number of nitrogens with one attached hydrogen (secondary N) is 1. The Balaban J connectivity index is 2.05. The summed E-state index contributed by atoms with van der Waals surface area (Å²) in [7, 11) is 0. The van der Waals surface area contributed by atoms with E-state index in [9.17, 15) is 14.4 Å². The SMILES string of the molecule is Cc1cc(OC(C)C(=O)NCCCCCC(=O)O)c2c(C)c(C)c(=O)oc2c1. The van der Waals surface area contributed by atoms with E-state index < -0.39 is 12.1 Å². The zero-order valence-electron chi connectivity index (χ0n) is 16.8. The Morgan fingerprint density at radius 3 is 2.54 bits per heavy atom. The Morgan fingerprint density at radius 2 is 1.86 bits per heavy atom. The van der Waals surface area contributed by atoms with E-state index in [1.807, 2.05) is 19.9 Å². The van der Waals surface area contributed by atoms with E-state index in [1.165, 1.54) is 0 Å². The zero-order chi connectivity index (χ0) is 20.8. The van der Waals surface area contributed by atoms with E-state index in [2.05, 4.69) is 5.32 Å². The maximum atomic E-state index is 12.3. The molecule has 2 aromatic rings. The number of aryl methyl sites for hydroxylation is 2. The minimum Gasteiger partial charge on any atom is -0.481 e. The fraction of sp³-hybridized carbons (Fsp3) is 0.476. The van der Waals surface area contributed by atoms with E-state index in [4.69, 9.17) is 14.3 Å². The van der Waals surface area contributed by atoms with Crippen molar-refractivity contribution in [1.29, 1.82) is 0 Å². The second-order valence-corrected chi connectivity index (χ2v) is 7.03. The van der Waals surface area contributed by atoms with Crippen molar-refractivity contribution in [2.75, 3.05) is 6.54 Å². The smallest absolute Gasteiger partial charge is 0.339 e. The molecule has 0 bridgehead atoms. The molecule has 0 aliphatic rings. The summed E-state index contributed by atoms with van der Waals surface area (Å²) in [5, 5.41) is 12.1. The minimum atomic E-state index is -0.808. The van der Waals surface area contributed by atoms with Gasteiger partial charge in [0.05, 0.1) is 5.39 Å². The van der Waals surface area contributed by atoms with Crippen LogP contribution in [0.5, 0.6) is 5.75 Å². The molecule has 1 unspecified atom stereocenters. The van der Waals surface area contributed by atoms with Gasteiger partial charge >= 0.3 is 11.6 Å². The van der Waals surface area contributed by atoms with Crippen LogP contribution in [0.15, 0.2) is 21.3 Å². The van der Waals surface area contributed by atoms with Crippen LogP contribution >= 0.6 is 0 Å². The lowest BCUT2D eigenvalue weighted by Crippen LogP contribution is -2.36. The van der Waals surface area contributed by atoms with Crippen LogP contribution in [0.4, 0.5) is 0 Å². The zero-order valence-corrected chi connectivity index (χ0v) is 16.8. The lowest BCUT2D eigenvalue weighted by Gasteiger charge is -2.18. The van der Waals surface area contributed by atoms with Crippen LogP contribution in [0.3, 0.4) is 0 Å². The lowest BCUT2D eigenvalue weighted by molar-refractivity contribution is -0.137. The number of benzene rings is 1. The van der Waals surface area contributed by atoms with Crippen LogP contribution in [0.2, 0.25) is 0 Å². The first-order valence-corrected chi connectivity index (χ1v) is 9.41. The number of carbonyl (C=O) groups excluding carboxylic acids is 1. The second kappa shape index (κ2) is 9.39. The Hall–Kier alpha value is -2.83. The third-order valence-electron chi connectivity index (χ3n) is 4.70. The molecule has 1 aromatic heterocycles. The summed E-state index contributed by atoms with van der Waals surface area (Å²) in [6.45, 7) is 7.52. The number of rotatable bonds is 9. The van der Waals surface area contributed by atoms with Crippen molar-refractivity contribution in [3.8, 4) is 5.75 Å². The predicted molar refractivity (Wildman–Crippen MR) is 106 cm³/mol. The number of hydrogen-bond donors (Lipinski definition) is 2. The van der Waals surface area contributed by atoms with E-state index in [1.54, 1.807) is 19.9 Å². The van der Waals surface area contributed by atoms with Crippen LogP contribution in [-0.2, 0) is 9.59 Å². The topological polar surface area (TPSA) is 106 Å². The molecule has 0 radical (unpaired) electrons. The number of fused-ring (bicyclic) bond motifs is 1. The largest absolute Gasteiger partial charge is 0.481 e. The summed E-state index contributed by atoms with van der Waals surface area (Å²) in [5.41, 5.74) is 2.20. The van der Waals surface area contributed by atoms with Gasteiger partial charge in [-0.15, -0.1) is 0 Å². The van der Waals surface area contributed by atoms with Gasteiger partial charge in [0.1, 0.15) is 11.3 Å². The summed E-state index contributed by atoms with van der Waals surface area (Å²) in [6.07, 6.45) is 1.46. The number of carboxylic acid groups (broad SMARTS) is 1. The summed E-state index contributed by atoms with van der Waals surface area (Å²) in [6, 6.07) is 3.60. The Morgan fingerprint density at radius 1 is 1.14 bits per heavy atom. The molecule has 0 saturated carbocycles. The van der Waals surface area contributed by atoms with Crippen molar-refractivity contribution in [2.24, 2.45) is 0 Å². The monoisotopic (exact) mass is 389 g/mol. The highest BCUT2D eigenvalue weighted by molar-refractivity contribution is 5.89. The van der Waals surface area contributed by atoms with Gasteiger partial charge < -0.3 is 19.6 Å². The van der Waals surface area contributed by atoms with Gasteiger partial charge in [-0.05, 0) is 63.8 Å². The van der Waals surface area contributed by atoms with Crippen molar-refractivity contribution in [3.05, 3.63) is 39.2 Å². The van der Waals surface area contributed by atoms with E-state index in [0.29, 0.717) is 41.7 Å². The highest BCUT2D eigenvalue weighted by Gasteiger charge is 2.19. The number of carbonyl (C=O) groups is 2. The van der Waals surface area contributed by atoms with Gasteiger partial charge in [0.2, 0.25) is 0 Å². The molecule has 7 heteroatoms. The van der Waals surface area contributed by atoms with Crippen LogP contribution < -0.4 is 15.7 Å². The van der Waals surface area contributed by atoms with Gasteiger partial charge in [-0.2, -0.15) is 0 Å². The molecule has 1 heterocycles. The summed E-state index contributed by atoms with van der Waals surface area (Å²) in [5.74, 6) is -0.555. The summed E-state index contributed by atoms with van der Waals surface area (Å²) >= 11 is 0. The number of unbranched alkanes of at least 4 members (excludes halogenated alkanes) is 2. The molecule has 0 aliphatic carbocycles. The molecule has 0 fully saturated rings. The molecule has 2 N–H and O–H groups in total. The Labute approximate surface area is 163 Å². The molecule has 7 nitrogen and oxygen atoms in total. The fourth-order valence-corrected chi connectivity index (χ4v) is 2.96. The van der Waals surface area contributed by atoms with E-state index in [-0.39, 0.29) is 18.0 Å². The molecule has 28 heavy (non-hydrogen) atoms. The minimum absolute atomic E-state index is 0.142. The molecular formula is C21H27NO6. The fourth-order valence-electron chi connectivity index (χ4n) is 2.96. The second-order valence-electron chi connectivity index (χ2n) is 7.03. The van der Waals surface area contributed by atoms with Crippen molar-refractivity contribution < 1.29 is 23.8 Å². The molecule has 152 valence electrons. The van der Waals surface area contributed by atoms with Crippen molar-refractivity contribution in [3.63, 3.8) is 0 Å². The first kappa shape index (κ1) is 21.5. The summed E-state index contributed by atoms with van der Waals surface area (Å²) in [4.78, 5) is 34.7. The predicted octanol–water partition coefficient (Wildman–Crippen LogP) is 3.25. The van der Waals surface area contributed by atoms with Crippen LogP contribution in [0, 0.1) is 20.8 Å². The van der Waals surface area contributed by atoms with Gasteiger partial charge in [-0.25, -0.2) is 4.79 Å². The first-order valence-electron chi connectivity index (χ1n) is 9.41. The summed E-state index contributed by atoms with van der Waals surface area (Å²) < 4.78 is 11.3. The van der Waals surface area contributed by atoms with Crippen molar-refractivity contribution in [1.82, 2.24) is 5.32 Å². The van der Waals surface area contributed by atoms with Crippen molar-refractivity contribution in [2.45, 2.75) is 59.5 Å². The molecular weight excluding hydrogens is 362 g/mol. The quantitative estimate of drug-likeness (QED) is 0.504. The number of amides is 1. The Bertz CT molecular complexity index is 931. The van der Waals surface area contributed by atoms with Crippen LogP contribution in [0.25, 0.3) is 11.0 Å². The number of carboxylic acids is 1. The van der Waals surface area contributed by atoms with Crippen LogP contribution in [-0.4, -0.2) is 29.6 Å². The standard InChI is InChI=1S/C21H27NO6/c1-12-10-16(19-13(2)14(3)21(26)28-17(19)11-12)27-15(4)20(25)22-9-7-5-6-8-18(23)24/h10-11,15H,5-9H2,1-4H3,(H,22,25)(H,23,24). The van der Waals surface area contributed by atoms with E-state index >= 15 is 0 Å².